The van der Waals surface area contributed by atoms with E-state index >= 15 is 0 Å². The van der Waals surface area contributed by atoms with Crippen molar-refractivity contribution in [1.29, 1.82) is 0 Å². The number of aromatic nitrogens is 3. The summed E-state index contributed by atoms with van der Waals surface area (Å²) in [5.74, 6) is -0.0307. The number of H-pyrrole nitrogens is 1. The summed E-state index contributed by atoms with van der Waals surface area (Å²) in [6.07, 6.45) is 5.36. The largest absolute Gasteiger partial charge is 0.343 e. The van der Waals surface area contributed by atoms with Gasteiger partial charge in [0.25, 0.3) is 5.56 Å². The van der Waals surface area contributed by atoms with E-state index in [-0.39, 0.29) is 17.1 Å². The molecular weight excluding hydrogens is 515 g/mol. The van der Waals surface area contributed by atoms with E-state index in [0.717, 1.165) is 38.5 Å². The minimum atomic E-state index is -3.56. The summed E-state index contributed by atoms with van der Waals surface area (Å²) in [4.78, 5) is 15.4. The van der Waals surface area contributed by atoms with Gasteiger partial charge in [0.1, 0.15) is 11.3 Å². The summed E-state index contributed by atoms with van der Waals surface area (Å²) < 4.78 is 45.3. The van der Waals surface area contributed by atoms with Crippen LogP contribution in [0.4, 0.5) is 10.1 Å². The Kier molecular flexibility index (Phi) is 6.59. The van der Waals surface area contributed by atoms with E-state index in [9.17, 15) is 17.6 Å². The van der Waals surface area contributed by atoms with Crippen molar-refractivity contribution in [2.75, 3.05) is 16.4 Å². The van der Waals surface area contributed by atoms with Gasteiger partial charge in [0.15, 0.2) is 0 Å². The molecule has 0 aliphatic heterocycles. The maximum absolute atomic E-state index is 13.7. The molecule has 7 nitrogen and oxygen atoms in total. The lowest BCUT2D eigenvalue weighted by molar-refractivity contribution is 0.602. The van der Waals surface area contributed by atoms with Gasteiger partial charge in [0.2, 0.25) is 10.0 Å². The fourth-order valence-electron chi connectivity index (χ4n) is 4.69. The van der Waals surface area contributed by atoms with Crippen LogP contribution in [0.25, 0.3) is 32.9 Å². The highest BCUT2D eigenvalue weighted by atomic mass is 35.5. The van der Waals surface area contributed by atoms with Crippen molar-refractivity contribution >= 4 is 49.1 Å². The van der Waals surface area contributed by atoms with Crippen molar-refractivity contribution in [3.05, 3.63) is 88.4 Å². The summed E-state index contributed by atoms with van der Waals surface area (Å²) in [6, 6.07) is 12.2. The molecule has 0 atom stereocenters. The van der Waals surface area contributed by atoms with Gasteiger partial charge in [-0.15, -0.1) is 11.6 Å². The van der Waals surface area contributed by atoms with Gasteiger partial charge in [-0.25, -0.2) is 12.8 Å². The summed E-state index contributed by atoms with van der Waals surface area (Å²) in [6.45, 7) is 4.37. The molecule has 10 heteroatoms. The van der Waals surface area contributed by atoms with E-state index in [1.165, 1.54) is 12.1 Å². The van der Waals surface area contributed by atoms with E-state index in [1.807, 2.05) is 46.7 Å². The standard InChI is InChI=1S/C27H26ClFN4O3S/c1-3-37(35,36)31-24-13-19(23-16-33(11-8-28)26-21(23)6-9-30-27(26)34)14-25-22(24)7-10-32(25)15-18-4-5-20(29)12-17(18)2/h4-7,9-10,12-14,16,31H,3,8,11,15H2,1-2H3,(H,30,34). The molecule has 0 fully saturated rings. The van der Waals surface area contributed by atoms with E-state index in [1.54, 1.807) is 25.3 Å². The minimum absolute atomic E-state index is 0.0708. The van der Waals surface area contributed by atoms with Gasteiger partial charge in [-0.05, 0) is 66.9 Å². The Morgan fingerprint density at radius 2 is 1.89 bits per heavy atom. The third-order valence-corrected chi connectivity index (χ3v) is 8.07. The van der Waals surface area contributed by atoms with Crippen LogP contribution in [-0.2, 0) is 23.1 Å². The van der Waals surface area contributed by atoms with Gasteiger partial charge in [-0.1, -0.05) is 6.07 Å². The molecule has 37 heavy (non-hydrogen) atoms. The molecule has 2 N–H and O–H groups in total. The molecule has 5 aromatic rings. The molecular formula is C27H26ClFN4O3S. The van der Waals surface area contributed by atoms with Gasteiger partial charge in [0.05, 0.1) is 17.0 Å². The first kappa shape index (κ1) is 25.1. The predicted octanol–water partition coefficient (Wildman–Crippen LogP) is 5.45. The van der Waals surface area contributed by atoms with Crippen LogP contribution in [0.15, 0.2) is 65.8 Å². The molecule has 0 aliphatic rings. The molecule has 0 amide bonds. The van der Waals surface area contributed by atoms with Gasteiger partial charge < -0.3 is 14.1 Å². The third-order valence-electron chi connectivity index (χ3n) is 6.61. The summed E-state index contributed by atoms with van der Waals surface area (Å²) >= 11 is 6.01. The van der Waals surface area contributed by atoms with E-state index in [4.69, 9.17) is 11.6 Å². The number of pyridine rings is 1. The lowest BCUT2D eigenvalue weighted by atomic mass is 10.0. The summed E-state index contributed by atoms with van der Waals surface area (Å²) in [7, 11) is -3.56. The molecule has 0 unspecified atom stereocenters. The highest BCUT2D eigenvalue weighted by Gasteiger charge is 2.18. The number of fused-ring (bicyclic) bond motifs is 2. The molecule has 0 bridgehead atoms. The number of halogens is 2. The van der Waals surface area contributed by atoms with Crippen molar-refractivity contribution in [2.45, 2.75) is 26.9 Å². The van der Waals surface area contributed by atoms with Crippen molar-refractivity contribution in [3.8, 4) is 11.1 Å². The van der Waals surface area contributed by atoms with Crippen LogP contribution < -0.4 is 10.3 Å². The number of aromatic amines is 1. The van der Waals surface area contributed by atoms with Crippen molar-refractivity contribution < 1.29 is 12.8 Å². The average Bonchev–Trinajstić information content (AvgIpc) is 3.43. The Labute approximate surface area is 218 Å². The smallest absolute Gasteiger partial charge is 0.272 e. The van der Waals surface area contributed by atoms with Gasteiger partial charge in [0, 0.05) is 53.9 Å². The molecule has 3 aromatic heterocycles. The number of rotatable bonds is 8. The monoisotopic (exact) mass is 540 g/mol. The van der Waals surface area contributed by atoms with Crippen LogP contribution in [0.1, 0.15) is 18.1 Å². The van der Waals surface area contributed by atoms with Crippen molar-refractivity contribution in [3.63, 3.8) is 0 Å². The fraction of sp³-hybridized carbons (Fsp3) is 0.222. The van der Waals surface area contributed by atoms with Crippen LogP contribution in [0.5, 0.6) is 0 Å². The number of aryl methyl sites for hydroxylation is 2. The van der Waals surface area contributed by atoms with E-state index < -0.39 is 10.0 Å². The highest BCUT2D eigenvalue weighted by molar-refractivity contribution is 7.92. The second-order valence-corrected chi connectivity index (χ2v) is 11.4. The first-order valence-electron chi connectivity index (χ1n) is 11.9. The first-order valence-corrected chi connectivity index (χ1v) is 14.0. The van der Waals surface area contributed by atoms with Crippen LogP contribution in [-0.4, -0.2) is 34.2 Å². The zero-order valence-corrected chi connectivity index (χ0v) is 22.0. The Morgan fingerprint density at radius 1 is 1.08 bits per heavy atom. The average molecular weight is 541 g/mol. The van der Waals surface area contributed by atoms with Gasteiger partial charge in [-0.2, -0.15) is 0 Å². The Bertz CT molecular complexity index is 1800. The maximum Gasteiger partial charge on any atom is 0.272 e. The number of nitrogens with one attached hydrogen (secondary N) is 2. The summed E-state index contributed by atoms with van der Waals surface area (Å²) in [5, 5.41) is 1.48. The minimum Gasteiger partial charge on any atom is -0.343 e. The molecule has 0 radical (unpaired) electrons. The third kappa shape index (κ3) is 4.76. The van der Waals surface area contributed by atoms with E-state index in [2.05, 4.69) is 9.71 Å². The Balaban J connectivity index is 1.74. The predicted molar refractivity (Wildman–Crippen MR) is 148 cm³/mol. The number of hydrogen-bond donors (Lipinski definition) is 2. The zero-order chi connectivity index (χ0) is 26.3. The molecule has 0 spiro atoms. The Morgan fingerprint density at radius 3 is 2.62 bits per heavy atom. The van der Waals surface area contributed by atoms with Crippen LogP contribution in [0, 0.1) is 12.7 Å². The number of sulfonamides is 1. The number of anilines is 1. The second-order valence-electron chi connectivity index (χ2n) is 8.97. The number of nitrogens with zero attached hydrogens (tertiary/aromatic N) is 2. The van der Waals surface area contributed by atoms with E-state index in [0.29, 0.717) is 30.2 Å². The lowest BCUT2D eigenvalue weighted by Gasteiger charge is -2.13. The molecule has 192 valence electrons. The van der Waals surface area contributed by atoms with Crippen molar-refractivity contribution in [1.82, 2.24) is 14.1 Å². The second kappa shape index (κ2) is 9.72. The molecule has 2 aromatic carbocycles. The molecule has 3 heterocycles. The Hall–Kier alpha value is -3.56. The SMILES string of the molecule is CCS(=O)(=O)Nc1cc(-c2cn(CCCl)c3c(=O)[nH]ccc23)cc2c1ccn2Cc1ccc(F)cc1C. The van der Waals surface area contributed by atoms with Crippen LogP contribution in [0.3, 0.4) is 0 Å². The molecule has 0 aliphatic carbocycles. The number of benzene rings is 2. The first-order chi connectivity index (χ1) is 17.7. The summed E-state index contributed by atoms with van der Waals surface area (Å²) in [5.41, 5.74) is 4.85. The quantitative estimate of drug-likeness (QED) is 0.257. The normalized spacial score (nSPS) is 12.0. The lowest BCUT2D eigenvalue weighted by Crippen LogP contribution is -2.14. The highest BCUT2D eigenvalue weighted by Crippen LogP contribution is 2.36. The number of hydrogen-bond acceptors (Lipinski definition) is 3. The molecule has 5 rings (SSSR count). The molecule has 0 saturated carbocycles. The van der Waals surface area contributed by atoms with Crippen LogP contribution >= 0.6 is 11.6 Å². The van der Waals surface area contributed by atoms with Crippen LogP contribution in [0.2, 0.25) is 0 Å². The topological polar surface area (TPSA) is 88.9 Å². The van der Waals surface area contributed by atoms with Crippen molar-refractivity contribution in [2.24, 2.45) is 0 Å². The van der Waals surface area contributed by atoms with Gasteiger partial charge >= 0.3 is 0 Å². The fourth-order valence-corrected chi connectivity index (χ4v) is 5.52. The number of alkyl halides is 1. The van der Waals surface area contributed by atoms with Gasteiger partial charge in [-0.3, -0.25) is 9.52 Å². The maximum atomic E-state index is 13.7. The molecule has 0 saturated heterocycles. The zero-order valence-electron chi connectivity index (χ0n) is 20.4.